The first-order chi connectivity index (χ1) is 18.7. The Balaban J connectivity index is 1.44. The van der Waals surface area contributed by atoms with Crippen molar-refractivity contribution in [3.63, 3.8) is 0 Å². The van der Waals surface area contributed by atoms with Crippen molar-refractivity contribution in [2.45, 2.75) is 18.9 Å². The zero-order chi connectivity index (χ0) is 25.6. The number of benzene rings is 6. The minimum absolute atomic E-state index is 0.163. The molecule has 0 saturated carbocycles. The van der Waals surface area contributed by atoms with E-state index in [1.165, 1.54) is 59.5 Å². The van der Waals surface area contributed by atoms with Crippen LogP contribution in [0.4, 0.5) is 4.39 Å². The summed E-state index contributed by atoms with van der Waals surface area (Å²) in [6.07, 6.45) is 2.14. The van der Waals surface area contributed by atoms with Crippen LogP contribution in [0.2, 0.25) is 6.55 Å². The minimum Gasteiger partial charge on any atom is -0.207 e. The van der Waals surface area contributed by atoms with E-state index in [4.69, 9.17) is 0 Å². The van der Waals surface area contributed by atoms with Crippen molar-refractivity contribution in [2.24, 2.45) is 0 Å². The zero-order valence-electron chi connectivity index (χ0n) is 21.4. The third-order valence-electron chi connectivity index (χ3n) is 8.12. The Kier molecular flexibility index (Phi) is 5.96. The average Bonchev–Trinajstić information content (AvgIpc) is 3.14. The van der Waals surface area contributed by atoms with E-state index in [9.17, 15) is 4.39 Å². The molecule has 1 aliphatic heterocycles. The van der Waals surface area contributed by atoms with Gasteiger partial charge in [-0.25, -0.2) is 4.39 Å². The first kappa shape index (κ1) is 23.5. The highest BCUT2D eigenvalue weighted by Crippen LogP contribution is 2.52. The molecule has 0 aliphatic carbocycles. The highest BCUT2D eigenvalue weighted by molar-refractivity contribution is 7.64. The Morgan fingerprint density at radius 3 is 1.71 bits per heavy atom. The van der Waals surface area contributed by atoms with Crippen LogP contribution in [-0.2, 0) is 12.3 Å². The Bertz CT molecular complexity index is 1720. The molecule has 0 amide bonds. The van der Waals surface area contributed by atoms with Crippen LogP contribution in [-0.4, -0.2) is 8.80 Å². The number of hydrogen-bond donors (Lipinski definition) is 0. The second-order valence-electron chi connectivity index (χ2n) is 10.3. The van der Waals surface area contributed by atoms with E-state index in [1.54, 1.807) is 12.1 Å². The molecule has 0 spiro atoms. The van der Waals surface area contributed by atoms with E-state index in [0.29, 0.717) is 0 Å². The molecule has 6 aromatic rings. The molecule has 0 aromatic heterocycles. The lowest BCUT2D eigenvalue weighted by molar-refractivity contribution is 0.628. The van der Waals surface area contributed by atoms with E-state index < -0.39 is 16.7 Å². The number of rotatable bonds is 3. The van der Waals surface area contributed by atoms with Gasteiger partial charge in [-0.2, -0.15) is 0 Å². The normalized spacial score (nSPS) is 14.2. The van der Waals surface area contributed by atoms with Crippen LogP contribution in [0.15, 0.2) is 121 Å². The molecular weight excluding hydrogens is 498 g/mol. The van der Waals surface area contributed by atoms with Crippen molar-refractivity contribution in [2.75, 3.05) is 0 Å². The van der Waals surface area contributed by atoms with Crippen LogP contribution in [0.1, 0.15) is 11.1 Å². The summed E-state index contributed by atoms with van der Waals surface area (Å²) in [5, 5.41) is 9.61. The molecule has 0 fully saturated rings. The summed E-state index contributed by atoms with van der Waals surface area (Å²) in [4.78, 5) is 0. The van der Waals surface area contributed by atoms with E-state index in [1.807, 2.05) is 12.1 Å². The van der Waals surface area contributed by atoms with Gasteiger partial charge in [0.25, 0.3) is 0 Å². The predicted octanol–water partition coefficient (Wildman–Crippen LogP) is 7.59. The van der Waals surface area contributed by atoms with E-state index >= 15 is 0 Å². The largest absolute Gasteiger partial charge is 0.207 e. The van der Waals surface area contributed by atoms with Crippen LogP contribution < -0.4 is 15.7 Å². The number of halogens is 1. The zero-order valence-corrected chi connectivity index (χ0v) is 23.4. The van der Waals surface area contributed by atoms with Gasteiger partial charge in [-0.05, 0) is 73.6 Å². The molecule has 1 heterocycles. The summed E-state index contributed by atoms with van der Waals surface area (Å²) in [7, 11) is -1.93. The lowest BCUT2D eigenvalue weighted by Gasteiger charge is -2.23. The summed E-state index contributed by atoms with van der Waals surface area (Å²) < 4.78 is 13.7. The first-order valence-corrected chi connectivity index (χ1v) is 17.3. The highest BCUT2D eigenvalue weighted by Gasteiger charge is 2.27. The van der Waals surface area contributed by atoms with Crippen molar-refractivity contribution >= 4 is 53.9 Å². The van der Waals surface area contributed by atoms with Gasteiger partial charge in [0.15, 0.2) is 0 Å². The fourth-order valence-electron chi connectivity index (χ4n) is 6.20. The molecular formula is C35H28FPSi. The van der Waals surface area contributed by atoms with Gasteiger partial charge in [-0.3, -0.25) is 0 Å². The number of hydrogen-bond acceptors (Lipinski definition) is 0. The van der Waals surface area contributed by atoms with E-state index in [-0.39, 0.29) is 5.82 Å². The Hall–Kier alpha value is -3.58. The molecule has 184 valence electrons. The summed E-state index contributed by atoms with van der Waals surface area (Å²) in [5.74, 6) is -0.163. The van der Waals surface area contributed by atoms with Crippen LogP contribution in [0.5, 0.6) is 0 Å². The van der Waals surface area contributed by atoms with Gasteiger partial charge in [-0.15, -0.1) is 0 Å². The second kappa shape index (κ2) is 9.62. The molecule has 38 heavy (non-hydrogen) atoms. The van der Waals surface area contributed by atoms with Gasteiger partial charge >= 0.3 is 0 Å². The second-order valence-corrected chi connectivity index (χ2v) is 15.3. The maximum absolute atomic E-state index is 13.7. The standard InChI is InChI=1S/C35H28FPSi/c1-38(29-20-18-28(36)19-21-29)33-13-7-6-12-32(33)37-22-26-16-14-24-8-2-4-10-30(24)34(26)35-27(23-37)17-15-25-9-3-5-11-31(25)35/h2-21,38H,22-23H2,1H3/t38-/m1/s1. The van der Waals surface area contributed by atoms with Crippen LogP contribution >= 0.6 is 7.92 Å². The molecule has 1 atom stereocenters. The lowest BCUT2D eigenvalue weighted by Crippen LogP contribution is -2.46. The van der Waals surface area contributed by atoms with Gasteiger partial charge in [-0.1, -0.05) is 134 Å². The quantitative estimate of drug-likeness (QED) is 0.165. The fourth-order valence-corrected chi connectivity index (χ4v) is 11.9. The molecule has 7 rings (SSSR count). The summed E-state index contributed by atoms with van der Waals surface area (Å²) >= 11 is 0. The van der Waals surface area contributed by atoms with Gasteiger partial charge in [0.2, 0.25) is 0 Å². The molecule has 0 N–H and O–H groups in total. The maximum Gasteiger partial charge on any atom is 0.123 e. The van der Waals surface area contributed by atoms with E-state index in [2.05, 4.69) is 104 Å². The third kappa shape index (κ3) is 4.00. The topological polar surface area (TPSA) is 0 Å². The smallest absolute Gasteiger partial charge is 0.123 e. The van der Waals surface area contributed by atoms with Gasteiger partial charge in [0.1, 0.15) is 14.6 Å². The summed E-state index contributed by atoms with van der Waals surface area (Å²) in [6.45, 7) is 2.39. The lowest BCUT2D eigenvalue weighted by atomic mass is 9.88. The molecule has 0 unspecified atom stereocenters. The van der Waals surface area contributed by atoms with Crippen LogP contribution in [0, 0.1) is 5.82 Å². The predicted molar refractivity (Wildman–Crippen MR) is 166 cm³/mol. The van der Waals surface area contributed by atoms with Crippen molar-refractivity contribution in [1.29, 1.82) is 0 Å². The Labute approximate surface area is 226 Å². The fraction of sp³-hybridized carbons (Fsp3) is 0.0857. The molecule has 0 radical (unpaired) electrons. The highest BCUT2D eigenvalue weighted by atomic mass is 31.1. The van der Waals surface area contributed by atoms with Crippen molar-refractivity contribution < 1.29 is 4.39 Å². The van der Waals surface area contributed by atoms with Crippen LogP contribution in [0.25, 0.3) is 32.7 Å². The summed E-state index contributed by atoms with van der Waals surface area (Å²) in [5.41, 5.74) is 5.74. The molecule has 0 bridgehead atoms. The van der Waals surface area contributed by atoms with Crippen molar-refractivity contribution in [3.05, 3.63) is 138 Å². The first-order valence-electron chi connectivity index (χ1n) is 13.3. The van der Waals surface area contributed by atoms with Gasteiger partial charge in [0, 0.05) is 0 Å². The van der Waals surface area contributed by atoms with Crippen molar-refractivity contribution in [1.82, 2.24) is 0 Å². The monoisotopic (exact) mass is 526 g/mol. The number of fused-ring (bicyclic) bond motifs is 7. The molecule has 6 aromatic carbocycles. The molecule has 3 heteroatoms. The summed E-state index contributed by atoms with van der Waals surface area (Å²) in [6, 6.07) is 43.4. The minimum atomic E-state index is -1.47. The Morgan fingerprint density at radius 2 is 1.11 bits per heavy atom. The van der Waals surface area contributed by atoms with Gasteiger partial charge in [0.05, 0.1) is 0 Å². The third-order valence-corrected chi connectivity index (χ3v) is 13.7. The van der Waals surface area contributed by atoms with Gasteiger partial charge < -0.3 is 0 Å². The van der Waals surface area contributed by atoms with Crippen molar-refractivity contribution in [3.8, 4) is 11.1 Å². The van der Waals surface area contributed by atoms with E-state index in [0.717, 1.165) is 12.3 Å². The van der Waals surface area contributed by atoms with Crippen LogP contribution in [0.3, 0.4) is 0 Å². The molecule has 0 nitrogen and oxygen atoms in total. The maximum atomic E-state index is 13.7. The molecule has 0 saturated heterocycles. The molecule has 1 aliphatic rings. The average molecular weight is 527 g/mol. The SMILES string of the molecule is C[Si@H](c1ccc(F)cc1)c1ccccc1P1Cc2ccc3ccccc3c2-c2c(ccc3ccccc23)C1. The Morgan fingerprint density at radius 1 is 0.579 bits per heavy atom.